The van der Waals surface area contributed by atoms with Crippen LogP contribution < -0.4 is 0 Å². The fraction of sp³-hybridized carbons (Fsp3) is 0.500. The summed E-state index contributed by atoms with van der Waals surface area (Å²) >= 11 is 5.73. The number of hydrogen-bond donors (Lipinski definition) is 1. The van der Waals surface area contributed by atoms with Crippen molar-refractivity contribution >= 4 is 21.6 Å². The molecule has 102 valence electrons. The minimum Gasteiger partial charge on any atom is -0.396 e. The van der Waals surface area contributed by atoms with Crippen LogP contribution in [0.25, 0.3) is 0 Å². The molecule has 1 N–H and O–H groups in total. The number of aliphatic hydroxyl groups excluding tert-OH is 1. The molecule has 0 aliphatic carbocycles. The Morgan fingerprint density at radius 1 is 1.17 bits per heavy atom. The van der Waals surface area contributed by atoms with Crippen LogP contribution in [0.4, 0.5) is 0 Å². The van der Waals surface area contributed by atoms with E-state index in [4.69, 9.17) is 16.7 Å². The van der Waals surface area contributed by atoms with Gasteiger partial charge in [0.15, 0.2) is 0 Å². The third-order valence-corrected chi connectivity index (χ3v) is 4.78. The van der Waals surface area contributed by atoms with Crippen molar-refractivity contribution in [3.8, 4) is 0 Å². The van der Waals surface area contributed by atoms with Gasteiger partial charge in [-0.15, -0.1) is 0 Å². The molecule has 0 aliphatic heterocycles. The van der Waals surface area contributed by atoms with Gasteiger partial charge < -0.3 is 5.11 Å². The van der Waals surface area contributed by atoms with Crippen molar-refractivity contribution in [1.82, 2.24) is 4.31 Å². The number of aliphatic hydroxyl groups is 1. The van der Waals surface area contributed by atoms with Gasteiger partial charge in [-0.2, -0.15) is 0 Å². The molecule has 1 aromatic rings. The van der Waals surface area contributed by atoms with Crippen molar-refractivity contribution in [2.75, 3.05) is 20.2 Å². The molecule has 0 unspecified atom stereocenters. The zero-order chi connectivity index (χ0) is 13.6. The van der Waals surface area contributed by atoms with Crippen molar-refractivity contribution in [3.05, 3.63) is 29.3 Å². The molecule has 1 aromatic carbocycles. The maximum absolute atomic E-state index is 12.1. The molecule has 0 saturated carbocycles. The average molecular weight is 292 g/mol. The lowest BCUT2D eigenvalue weighted by Gasteiger charge is -2.17. The van der Waals surface area contributed by atoms with Gasteiger partial charge in [-0.05, 0) is 43.5 Å². The molecule has 0 spiro atoms. The van der Waals surface area contributed by atoms with Crippen molar-refractivity contribution in [2.45, 2.75) is 24.2 Å². The van der Waals surface area contributed by atoms with E-state index in [0.717, 1.165) is 12.8 Å². The molecule has 0 atom stereocenters. The second-order valence-corrected chi connectivity index (χ2v) is 6.55. The first kappa shape index (κ1) is 15.4. The number of unbranched alkanes of at least 4 members (excludes halogenated alkanes) is 2. The van der Waals surface area contributed by atoms with Crippen LogP contribution in [-0.4, -0.2) is 38.0 Å². The summed E-state index contributed by atoms with van der Waals surface area (Å²) in [5.74, 6) is 0. The summed E-state index contributed by atoms with van der Waals surface area (Å²) in [6, 6.07) is 6.13. The van der Waals surface area contributed by atoms with Gasteiger partial charge in [0.1, 0.15) is 0 Å². The van der Waals surface area contributed by atoms with E-state index in [1.807, 2.05) is 0 Å². The lowest BCUT2D eigenvalue weighted by atomic mass is 10.2. The molecule has 6 heteroatoms. The Morgan fingerprint density at radius 2 is 1.78 bits per heavy atom. The maximum Gasteiger partial charge on any atom is 0.242 e. The highest BCUT2D eigenvalue weighted by Crippen LogP contribution is 2.17. The fourth-order valence-corrected chi connectivity index (χ4v) is 2.87. The van der Waals surface area contributed by atoms with E-state index < -0.39 is 10.0 Å². The maximum atomic E-state index is 12.1. The largest absolute Gasteiger partial charge is 0.396 e. The molecular formula is C12H18ClNO3S. The monoisotopic (exact) mass is 291 g/mol. The lowest BCUT2D eigenvalue weighted by molar-refractivity contribution is 0.281. The molecule has 0 amide bonds. The molecule has 0 bridgehead atoms. The Morgan fingerprint density at radius 3 is 2.33 bits per heavy atom. The quantitative estimate of drug-likeness (QED) is 0.783. The van der Waals surface area contributed by atoms with Gasteiger partial charge >= 0.3 is 0 Å². The molecule has 0 aromatic heterocycles. The predicted octanol–water partition coefficient (Wildman–Crippen LogP) is 2.12. The number of hydrogen-bond acceptors (Lipinski definition) is 3. The number of halogens is 1. The average Bonchev–Trinajstić information content (AvgIpc) is 2.35. The van der Waals surface area contributed by atoms with Crippen LogP contribution in [0, 0.1) is 0 Å². The first-order valence-corrected chi connectivity index (χ1v) is 7.63. The summed E-state index contributed by atoms with van der Waals surface area (Å²) in [6.07, 6.45) is 2.26. The summed E-state index contributed by atoms with van der Waals surface area (Å²) < 4.78 is 25.6. The Hall–Kier alpha value is -0.620. The third kappa shape index (κ3) is 4.24. The second kappa shape index (κ2) is 7.09. The zero-order valence-corrected chi connectivity index (χ0v) is 11.9. The van der Waals surface area contributed by atoms with Crippen molar-refractivity contribution in [1.29, 1.82) is 0 Å². The fourth-order valence-electron chi connectivity index (χ4n) is 1.53. The number of rotatable bonds is 7. The summed E-state index contributed by atoms with van der Waals surface area (Å²) in [6.45, 7) is 0.596. The van der Waals surface area contributed by atoms with Gasteiger partial charge in [-0.25, -0.2) is 12.7 Å². The summed E-state index contributed by atoms with van der Waals surface area (Å²) in [7, 11) is -1.87. The van der Waals surface area contributed by atoms with E-state index in [-0.39, 0.29) is 11.5 Å². The minimum absolute atomic E-state index is 0.146. The molecular weight excluding hydrogens is 274 g/mol. The SMILES string of the molecule is CN(CCCCCO)S(=O)(=O)c1ccc(Cl)cc1. The van der Waals surface area contributed by atoms with Crippen molar-refractivity contribution in [3.63, 3.8) is 0 Å². The third-order valence-electron chi connectivity index (χ3n) is 2.65. The first-order valence-electron chi connectivity index (χ1n) is 5.81. The number of nitrogens with zero attached hydrogens (tertiary/aromatic N) is 1. The molecule has 4 nitrogen and oxygen atoms in total. The van der Waals surface area contributed by atoms with Crippen LogP contribution in [0.5, 0.6) is 0 Å². The van der Waals surface area contributed by atoms with Gasteiger partial charge in [-0.1, -0.05) is 11.6 Å². The van der Waals surface area contributed by atoms with Crippen LogP contribution >= 0.6 is 11.6 Å². The molecule has 0 radical (unpaired) electrons. The smallest absolute Gasteiger partial charge is 0.242 e. The van der Waals surface area contributed by atoms with Gasteiger partial charge in [0.2, 0.25) is 10.0 Å². The van der Waals surface area contributed by atoms with Gasteiger partial charge in [0.05, 0.1) is 4.90 Å². The number of sulfonamides is 1. The molecule has 0 fully saturated rings. The Bertz CT molecular complexity index is 459. The van der Waals surface area contributed by atoms with Crippen LogP contribution in [-0.2, 0) is 10.0 Å². The van der Waals surface area contributed by atoms with E-state index in [0.29, 0.717) is 18.0 Å². The first-order chi connectivity index (χ1) is 8.48. The highest BCUT2D eigenvalue weighted by Gasteiger charge is 2.19. The van der Waals surface area contributed by atoms with Crippen molar-refractivity contribution in [2.24, 2.45) is 0 Å². The highest BCUT2D eigenvalue weighted by molar-refractivity contribution is 7.89. The molecule has 1 rings (SSSR count). The topological polar surface area (TPSA) is 57.6 Å². The van der Waals surface area contributed by atoms with Crippen LogP contribution in [0.1, 0.15) is 19.3 Å². The van der Waals surface area contributed by atoms with Gasteiger partial charge in [-0.3, -0.25) is 0 Å². The van der Waals surface area contributed by atoms with Crippen molar-refractivity contribution < 1.29 is 13.5 Å². The standard InChI is InChI=1S/C12H18ClNO3S/c1-14(9-3-2-4-10-15)18(16,17)12-7-5-11(13)6-8-12/h5-8,15H,2-4,9-10H2,1H3. The van der Waals surface area contributed by atoms with E-state index >= 15 is 0 Å². The Balaban J connectivity index is 2.65. The summed E-state index contributed by atoms with van der Waals surface area (Å²) in [5.41, 5.74) is 0. The van der Waals surface area contributed by atoms with E-state index in [9.17, 15) is 8.42 Å². The molecule has 0 saturated heterocycles. The van der Waals surface area contributed by atoms with Gasteiger partial charge in [0, 0.05) is 25.2 Å². The summed E-state index contributed by atoms with van der Waals surface area (Å²) in [5, 5.41) is 9.16. The van der Waals surface area contributed by atoms with E-state index in [2.05, 4.69) is 0 Å². The van der Waals surface area contributed by atoms with E-state index in [1.54, 1.807) is 19.2 Å². The molecule has 0 heterocycles. The molecule has 0 aliphatic rings. The lowest BCUT2D eigenvalue weighted by Crippen LogP contribution is -2.28. The number of benzene rings is 1. The Labute approximate surface area is 113 Å². The van der Waals surface area contributed by atoms with E-state index in [1.165, 1.54) is 16.4 Å². The molecule has 18 heavy (non-hydrogen) atoms. The van der Waals surface area contributed by atoms with Crippen LogP contribution in [0.2, 0.25) is 5.02 Å². The highest BCUT2D eigenvalue weighted by atomic mass is 35.5. The summed E-state index contributed by atoms with van der Waals surface area (Å²) in [4.78, 5) is 0.247. The second-order valence-electron chi connectivity index (χ2n) is 4.06. The zero-order valence-electron chi connectivity index (χ0n) is 10.3. The minimum atomic E-state index is -3.43. The Kier molecular flexibility index (Phi) is 6.08. The van der Waals surface area contributed by atoms with Gasteiger partial charge in [0.25, 0.3) is 0 Å². The van der Waals surface area contributed by atoms with Crippen LogP contribution in [0.15, 0.2) is 29.2 Å². The predicted molar refractivity (Wildman–Crippen MR) is 72.2 cm³/mol. The normalized spacial score (nSPS) is 12.0. The van der Waals surface area contributed by atoms with Crippen LogP contribution in [0.3, 0.4) is 0 Å².